The number of hydrogen-bond donors (Lipinski definition) is 2. The van der Waals surface area contributed by atoms with Gasteiger partial charge in [-0.25, -0.2) is 8.42 Å². The first-order chi connectivity index (χ1) is 13.1. The maximum Gasteiger partial charge on any atom is 0.241 e. The number of benzene rings is 2. The van der Waals surface area contributed by atoms with E-state index in [0.717, 1.165) is 18.7 Å². The molecule has 6 nitrogen and oxygen atoms in total. The monoisotopic (exact) mass is 391 g/mol. The van der Waals surface area contributed by atoms with Crippen LogP contribution in [0.15, 0.2) is 59.5 Å². The third kappa shape index (κ3) is 5.52. The number of rotatable bonds is 8. The molecule has 27 heavy (non-hydrogen) atoms. The van der Waals surface area contributed by atoms with Gasteiger partial charge in [-0.05, 0) is 36.8 Å². The molecular formula is C20H27N2O4S+. The van der Waals surface area contributed by atoms with E-state index in [-0.39, 0.29) is 10.9 Å². The van der Waals surface area contributed by atoms with E-state index in [4.69, 9.17) is 9.47 Å². The maximum atomic E-state index is 12.9. The summed E-state index contributed by atoms with van der Waals surface area (Å²) in [6, 6.07) is 16.0. The summed E-state index contributed by atoms with van der Waals surface area (Å²) in [5, 5.41) is 0. The fourth-order valence-corrected chi connectivity index (χ4v) is 4.43. The molecule has 1 aliphatic heterocycles. The predicted octanol–water partition coefficient (Wildman–Crippen LogP) is 1.02. The SMILES string of the molecule is CCOc1ccc(S(=O)(=O)N[C@H](C[NH+]2CCOCC2)c2ccccc2)cc1. The van der Waals surface area contributed by atoms with Gasteiger partial charge in [0.1, 0.15) is 18.8 Å². The molecule has 0 unspecified atom stereocenters. The molecule has 0 aliphatic carbocycles. The molecule has 0 radical (unpaired) electrons. The Bertz CT molecular complexity index is 804. The molecule has 2 aromatic carbocycles. The minimum absolute atomic E-state index is 0.240. The highest BCUT2D eigenvalue weighted by Crippen LogP contribution is 2.19. The van der Waals surface area contributed by atoms with Crippen LogP contribution < -0.4 is 14.4 Å². The number of hydrogen-bond acceptors (Lipinski definition) is 4. The first-order valence-electron chi connectivity index (χ1n) is 9.30. The number of sulfonamides is 1. The molecule has 1 fully saturated rings. The molecule has 0 spiro atoms. The fourth-order valence-electron chi connectivity index (χ4n) is 3.20. The number of quaternary nitrogens is 1. The van der Waals surface area contributed by atoms with Crippen molar-refractivity contribution < 1.29 is 22.8 Å². The molecule has 0 bridgehead atoms. The zero-order valence-corrected chi connectivity index (χ0v) is 16.4. The van der Waals surface area contributed by atoms with E-state index in [2.05, 4.69) is 4.72 Å². The lowest BCUT2D eigenvalue weighted by molar-refractivity contribution is -0.909. The molecule has 1 aliphatic rings. The molecule has 0 saturated carbocycles. The van der Waals surface area contributed by atoms with E-state index in [1.165, 1.54) is 4.90 Å². The number of ether oxygens (including phenoxy) is 2. The highest BCUT2D eigenvalue weighted by molar-refractivity contribution is 7.89. The lowest BCUT2D eigenvalue weighted by atomic mass is 10.1. The van der Waals surface area contributed by atoms with Crippen molar-refractivity contribution in [1.82, 2.24) is 4.72 Å². The van der Waals surface area contributed by atoms with Crippen LogP contribution in [0.1, 0.15) is 18.5 Å². The van der Waals surface area contributed by atoms with Crippen LogP contribution in [-0.4, -0.2) is 47.9 Å². The fraction of sp³-hybridized carbons (Fsp3) is 0.400. The Kier molecular flexibility index (Phi) is 6.84. The predicted molar refractivity (Wildman–Crippen MR) is 103 cm³/mol. The summed E-state index contributed by atoms with van der Waals surface area (Å²) in [5.41, 5.74) is 0.964. The summed E-state index contributed by atoms with van der Waals surface area (Å²) < 4.78 is 39.6. The van der Waals surface area contributed by atoms with Gasteiger partial charge in [0.05, 0.1) is 37.3 Å². The molecule has 146 valence electrons. The van der Waals surface area contributed by atoms with Crippen molar-refractivity contribution in [3.63, 3.8) is 0 Å². The first-order valence-corrected chi connectivity index (χ1v) is 10.8. The molecule has 1 saturated heterocycles. The summed E-state index contributed by atoms with van der Waals surface area (Å²) in [5.74, 6) is 0.661. The van der Waals surface area contributed by atoms with Crippen LogP contribution in [0.5, 0.6) is 5.75 Å². The van der Waals surface area contributed by atoms with E-state index < -0.39 is 10.0 Å². The van der Waals surface area contributed by atoms with Crippen molar-refractivity contribution in [1.29, 1.82) is 0 Å². The van der Waals surface area contributed by atoms with E-state index in [1.54, 1.807) is 24.3 Å². The van der Waals surface area contributed by atoms with Gasteiger partial charge in [-0.1, -0.05) is 30.3 Å². The topological polar surface area (TPSA) is 69.1 Å². The van der Waals surface area contributed by atoms with Crippen LogP contribution >= 0.6 is 0 Å². The first kappa shape index (κ1) is 19.8. The lowest BCUT2D eigenvalue weighted by Crippen LogP contribution is -3.14. The van der Waals surface area contributed by atoms with Crippen molar-refractivity contribution in [2.75, 3.05) is 39.5 Å². The smallest absolute Gasteiger partial charge is 0.241 e. The van der Waals surface area contributed by atoms with Crippen molar-refractivity contribution >= 4 is 10.0 Å². The van der Waals surface area contributed by atoms with Gasteiger partial charge in [-0.3, -0.25) is 0 Å². The van der Waals surface area contributed by atoms with Crippen LogP contribution in [0.2, 0.25) is 0 Å². The zero-order chi connectivity index (χ0) is 19.1. The highest BCUT2D eigenvalue weighted by Gasteiger charge is 2.26. The second-order valence-corrected chi connectivity index (χ2v) is 8.27. The highest BCUT2D eigenvalue weighted by atomic mass is 32.2. The van der Waals surface area contributed by atoms with Crippen molar-refractivity contribution in [2.45, 2.75) is 17.9 Å². The average Bonchev–Trinajstić information content (AvgIpc) is 2.69. The molecule has 2 aromatic rings. The minimum Gasteiger partial charge on any atom is -0.494 e. The second-order valence-electron chi connectivity index (χ2n) is 6.56. The summed E-state index contributed by atoms with van der Waals surface area (Å²) in [6.45, 7) is 6.31. The van der Waals surface area contributed by atoms with Gasteiger partial charge in [0.15, 0.2) is 0 Å². The van der Waals surface area contributed by atoms with E-state index in [1.807, 2.05) is 37.3 Å². The Morgan fingerprint density at radius 1 is 1.07 bits per heavy atom. The van der Waals surface area contributed by atoms with Crippen LogP contribution in [0.4, 0.5) is 0 Å². The van der Waals surface area contributed by atoms with E-state index in [9.17, 15) is 8.42 Å². The quantitative estimate of drug-likeness (QED) is 0.705. The van der Waals surface area contributed by atoms with Gasteiger partial charge >= 0.3 is 0 Å². The van der Waals surface area contributed by atoms with Gasteiger partial charge in [0.2, 0.25) is 10.0 Å². The lowest BCUT2D eigenvalue weighted by Gasteiger charge is -2.28. The van der Waals surface area contributed by atoms with Gasteiger partial charge in [0.25, 0.3) is 0 Å². The van der Waals surface area contributed by atoms with E-state index in [0.29, 0.717) is 32.1 Å². The summed E-state index contributed by atoms with van der Waals surface area (Å²) >= 11 is 0. The van der Waals surface area contributed by atoms with E-state index >= 15 is 0 Å². The maximum absolute atomic E-state index is 12.9. The standard InChI is InChI=1S/C20H26N2O4S/c1-2-26-18-8-10-19(11-9-18)27(23,24)21-20(17-6-4-3-5-7-17)16-22-12-14-25-15-13-22/h3-11,20-21H,2,12-16H2,1H3/p+1/t20-/m1/s1. The van der Waals surface area contributed by atoms with Crippen molar-refractivity contribution in [3.05, 3.63) is 60.2 Å². The largest absolute Gasteiger partial charge is 0.494 e. The van der Waals surface area contributed by atoms with Crippen molar-refractivity contribution in [2.24, 2.45) is 0 Å². The number of morpholine rings is 1. The Morgan fingerprint density at radius 3 is 2.37 bits per heavy atom. The Balaban J connectivity index is 1.79. The van der Waals surface area contributed by atoms with Gasteiger partial charge in [-0.2, -0.15) is 4.72 Å². The van der Waals surface area contributed by atoms with Crippen molar-refractivity contribution in [3.8, 4) is 5.75 Å². The number of nitrogens with one attached hydrogen (secondary N) is 2. The molecule has 0 aromatic heterocycles. The molecule has 1 heterocycles. The Morgan fingerprint density at radius 2 is 1.74 bits per heavy atom. The third-order valence-electron chi connectivity index (χ3n) is 4.64. The molecule has 7 heteroatoms. The summed E-state index contributed by atoms with van der Waals surface area (Å²) in [6.07, 6.45) is 0. The molecular weight excluding hydrogens is 364 g/mol. The molecule has 0 amide bonds. The zero-order valence-electron chi connectivity index (χ0n) is 15.6. The van der Waals surface area contributed by atoms with Crippen LogP contribution in [0.25, 0.3) is 0 Å². The van der Waals surface area contributed by atoms with Gasteiger partial charge in [-0.15, -0.1) is 0 Å². The van der Waals surface area contributed by atoms with Crippen LogP contribution in [-0.2, 0) is 14.8 Å². The Labute approximate surface area is 161 Å². The second kappa shape index (κ2) is 9.32. The summed E-state index contributed by atoms with van der Waals surface area (Å²) in [7, 11) is -3.64. The summed E-state index contributed by atoms with van der Waals surface area (Å²) in [4.78, 5) is 1.58. The molecule has 3 rings (SSSR count). The average molecular weight is 392 g/mol. The van der Waals surface area contributed by atoms with Gasteiger partial charge < -0.3 is 14.4 Å². The Hall–Kier alpha value is -1.93. The molecule has 2 N–H and O–H groups in total. The normalized spacial score (nSPS) is 16.8. The van der Waals surface area contributed by atoms with Gasteiger partial charge in [0, 0.05) is 0 Å². The van der Waals surface area contributed by atoms with Crippen LogP contribution in [0, 0.1) is 0 Å². The molecule has 1 atom stereocenters. The minimum atomic E-state index is -3.64. The van der Waals surface area contributed by atoms with Crippen LogP contribution in [0.3, 0.4) is 0 Å². The third-order valence-corrected chi connectivity index (χ3v) is 6.12.